The maximum atomic E-state index is 13.2. The second-order valence-corrected chi connectivity index (χ2v) is 5.67. The molecule has 2 aromatic rings. The minimum absolute atomic E-state index is 0.0169. The average Bonchev–Trinajstić information content (AvgIpc) is 2.98. The zero-order valence-corrected chi connectivity index (χ0v) is 12.3. The van der Waals surface area contributed by atoms with Gasteiger partial charge in [-0.05, 0) is 36.6 Å². The molecule has 0 spiro atoms. The standard InChI is InChI=1S/C15H14F3NOS/c1-10(14-4-3-7-21-14)19(2)13-6-5-11(9-20)8-12(13)15(16,17)18/h3-10H,1-2H3. The number of hydrogen-bond acceptors (Lipinski definition) is 3. The van der Waals surface area contributed by atoms with Crippen molar-refractivity contribution in [1.82, 2.24) is 0 Å². The van der Waals surface area contributed by atoms with Gasteiger partial charge in [0.15, 0.2) is 0 Å². The summed E-state index contributed by atoms with van der Waals surface area (Å²) >= 11 is 1.50. The van der Waals surface area contributed by atoms with Crippen molar-refractivity contribution in [2.75, 3.05) is 11.9 Å². The summed E-state index contributed by atoms with van der Waals surface area (Å²) < 4.78 is 39.6. The van der Waals surface area contributed by atoms with Crippen LogP contribution in [0.15, 0.2) is 35.7 Å². The Kier molecular flexibility index (Phi) is 4.37. The Hall–Kier alpha value is -1.82. The van der Waals surface area contributed by atoms with Crippen LogP contribution in [-0.4, -0.2) is 13.3 Å². The van der Waals surface area contributed by atoms with Crippen molar-refractivity contribution in [3.8, 4) is 0 Å². The summed E-state index contributed by atoms with van der Waals surface area (Å²) in [5.41, 5.74) is -0.713. The van der Waals surface area contributed by atoms with Crippen LogP contribution in [-0.2, 0) is 6.18 Å². The summed E-state index contributed by atoms with van der Waals surface area (Å²) in [6.45, 7) is 1.85. The van der Waals surface area contributed by atoms with E-state index in [0.29, 0.717) is 6.29 Å². The van der Waals surface area contributed by atoms with Crippen molar-refractivity contribution in [2.45, 2.75) is 19.1 Å². The fraction of sp³-hybridized carbons (Fsp3) is 0.267. The lowest BCUT2D eigenvalue weighted by Gasteiger charge is -2.29. The molecule has 1 heterocycles. The first-order chi connectivity index (χ1) is 9.84. The first-order valence-electron chi connectivity index (χ1n) is 6.27. The van der Waals surface area contributed by atoms with E-state index < -0.39 is 11.7 Å². The molecule has 112 valence electrons. The second kappa shape index (κ2) is 5.89. The normalized spacial score (nSPS) is 13.0. The molecule has 2 rings (SSSR count). The molecule has 2 nitrogen and oxygen atoms in total. The van der Waals surface area contributed by atoms with Gasteiger partial charge in [-0.25, -0.2) is 0 Å². The largest absolute Gasteiger partial charge is 0.418 e. The van der Waals surface area contributed by atoms with Crippen LogP contribution in [0.4, 0.5) is 18.9 Å². The van der Waals surface area contributed by atoms with Crippen LogP contribution < -0.4 is 4.90 Å². The van der Waals surface area contributed by atoms with Gasteiger partial charge in [-0.3, -0.25) is 4.79 Å². The van der Waals surface area contributed by atoms with E-state index in [9.17, 15) is 18.0 Å². The molecule has 1 atom stereocenters. The van der Waals surface area contributed by atoms with Crippen LogP contribution in [0, 0.1) is 0 Å². The van der Waals surface area contributed by atoms with Gasteiger partial charge in [-0.2, -0.15) is 13.2 Å². The number of anilines is 1. The molecular formula is C15H14F3NOS. The zero-order chi connectivity index (χ0) is 15.6. The number of carbonyl (C=O) groups is 1. The lowest BCUT2D eigenvalue weighted by molar-refractivity contribution is -0.137. The van der Waals surface area contributed by atoms with Crippen LogP contribution in [0.25, 0.3) is 0 Å². The summed E-state index contributed by atoms with van der Waals surface area (Å²) in [7, 11) is 1.62. The van der Waals surface area contributed by atoms with E-state index in [-0.39, 0.29) is 17.3 Å². The highest BCUT2D eigenvalue weighted by Crippen LogP contribution is 2.39. The highest BCUT2D eigenvalue weighted by molar-refractivity contribution is 7.10. The molecule has 0 bridgehead atoms. The topological polar surface area (TPSA) is 20.3 Å². The van der Waals surface area contributed by atoms with Crippen LogP contribution in [0.3, 0.4) is 0 Å². The molecule has 0 amide bonds. The van der Waals surface area contributed by atoms with Gasteiger partial charge in [-0.15, -0.1) is 11.3 Å². The molecule has 0 saturated carbocycles. The molecule has 1 aromatic carbocycles. The van der Waals surface area contributed by atoms with Gasteiger partial charge in [0.05, 0.1) is 11.6 Å². The SMILES string of the molecule is CC(c1cccs1)N(C)c1ccc(C=O)cc1C(F)(F)F. The highest BCUT2D eigenvalue weighted by Gasteiger charge is 2.35. The van der Waals surface area contributed by atoms with Crippen molar-refractivity contribution < 1.29 is 18.0 Å². The number of rotatable bonds is 4. The van der Waals surface area contributed by atoms with Gasteiger partial charge in [0.2, 0.25) is 0 Å². The summed E-state index contributed by atoms with van der Waals surface area (Å²) in [4.78, 5) is 13.3. The van der Waals surface area contributed by atoms with Crippen molar-refractivity contribution in [3.05, 3.63) is 51.7 Å². The Balaban J connectivity index is 2.45. The van der Waals surface area contributed by atoms with E-state index in [0.717, 1.165) is 10.9 Å². The molecule has 0 N–H and O–H groups in total. The minimum atomic E-state index is -4.50. The maximum absolute atomic E-state index is 13.2. The molecule has 1 unspecified atom stereocenters. The Labute approximate surface area is 124 Å². The third-order valence-corrected chi connectivity index (χ3v) is 4.42. The fourth-order valence-electron chi connectivity index (χ4n) is 2.09. The summed E-state index contributed by atoms with van der Waals surface area (Å²) in [6, 6.07) is 7.20. The van der Waals surface area contributed by atoms with Gasteiger partial charge in [0.25, 0.3) is 0 Å². The Morgan fingerprint density at radius 2 is 2.00 bits per heavy atom. The molecule has 0 radical (unpaired) electrons. The molecule has 0 saturated heterocycles. The number of nitrogens with zero attached hydrogens (tertiary/aromatic N) is 1. The van der Waals surface area contributed by atoms with E-state index in [1.807, 2.05) is 24.4 Å². The second-order valence-electron chi connectivity index (χ2n) is 4.69. The van der Waals surface area contributed by atoms with Gasteiger partial charge in [0, 0.05) is 23.2 Å². The van der Waals surface area contributed by atoms with E-state index in [1.54, 1.807) is 11.9 Å². The van der Waals surface area contributed by atoms with Gasteiger partial charge in [-0.1, -0.05) is 6.07 Å². The number of alkyl halides is 3. The summed E-state index contributed by atoms with van der Waals surface area (Å²) in [5.74, 6) is 0. The Morgan fingerprint density at radius 1 is 1.29 bits per heavy atom. The zero-order valence-electron chi connectivity index (χ0n) is 11.5. The lowest BCUT2D eigenvalue weighted by Crippen LogP contribution is -2.24. The van der Waals surface area contributed by atoms with Crippen molar-refractivity contribution in [3.63, 3.8) is 0 Å². The number of halogens is 3. The van der Waals surface area contributed by atoms with Crippen LogP contribution in [0.1, 0.15) is 33.8 Å². The van der Waals surface area contributed by atoms with E-state index in [1.165, 1.54) is 23.5 Å². The molecule has 21 heavy (non-hydrogen) atoms. The maximum Gasteiger partial charge on any atom is 0.418 e. The quantitative estimate of drug-likeness (QED) is 0.757. The molecule has 0 fully saturated rings. The van der Waals surface area contributed by atoms with E-state index in [2.05, 4.69) is 0 Å². The molecule has 0 aliphatic heterocycles. The Morgan fingerprint density at radius 3 is 2.52 bits per heavy atom. The van der Waals surface area contributed by atoms with Crippen LogP contribution in [0.5, 0.6) is 0 Å². The number of benzene rings is 1. The van der Waals surface area contributed by atoms with Gasteiger partial charge < -0.3 is 4.90 Å². The smallest absolute Gasteiger partial charge is 0.367 e. The van der Waals surface area contributed by atoms with Gasteiger partial charge >= 0.3 is 6.18 Å². The van der Waals surface area contributed by atoms with Crippen LogP contribution >= 0.6 is 11.3 Å². The fourth-order valence-corrected chi connectivity index (χ4v) is 2.92. The average molecular weight is 313 g/mol. The first kappa shape index (κ1) is 15.6. The van der Waals surface area contributed by atoms with Gasteiger partial charge in [0.1, 0.15) is 6.29 Å². The predicted molar refractivity (Wildman–Crippen MR) is 78.0 cm³/mol. The predicted octanol–water partition coefficient (Wildman–Crippen LogP) is 4.78. The highest BCUT2D eigenvalue weighted by atomic mass is 32.1. The number of carbonyl (C=O) groups excluding carboxylic acids is 1. The molecule has 6 heteroatoms. The lowest BCUT2D eigenvalue weighted by atomic mass is 10.1. The van der Waals surface area contributed by atoms with Crippen LogP contribution in [0.2, 0.25) is 0 Å². The molecule has 0 aliphatic rings. The summed E-state index contributed by atoms with van der Waals surface area (Å²) in [5, 5.41) is 1.89. The van der Waals surface area contributed by atoms with Crippen molar-refractivity contribution in [2.24, 2.45) is 0 Å². The minimum Gasteiger partial charge on any atom is -0.367 e. The third kappa shape index (κ3) is 3.26. The Bertz CT molecular complexity index is 622. The molecule has 0 aliphatic carbocycles. The van der Waals surface area contributed by atoms with Crippen molar-refractivity contribution in [1.29, 1.82) is 0 Å². The third-order valence-electron chi connectivity index (χ3n) is 3.38. The first-order valence-corrected chi connectivity index (χ1v) is 7.15. The molecule has 1 aromatic heterocycles. The number of thiophene rings is 1. The van der Waals surface area contributed by atoms with Crippen molar-refractivity contribution >= 4 is 23.3 Å². The molecular weight excluding hydrogens is 299 g/mol. The van der Waals surface area contributed by atoms with E-state index >= 15 is 0 Å². The number of aldehydes is 1. The summed E-state index contributed by atoms with van der Waals surface area (Å²) in [6.07, 6.45) is -4.08. The monoisotopic (exact) mass is 313 g/mol. The number of hydrogen-bond donors (Lipinski definition) is 0. The van der Waals surface area contributed by atoms with E-state index in [4.69, 9.17) is 0 Å².